The molecule has 1 N–H and O–H groups in total. The lowest BCUT2D eigenvalue weighted by Gasteiger charge is -2.05. The van der Waals surface area contributed by atoms with E-state index in [1.807, 2.05) is 6.08 Å². The van der Waals surface area contributed by atoms with Crippen molar-refractivity contribution in [3.8, 4) is 0 Å². The Morgan fingerprint density at radius 1 is 1.71 bits per heavy atom. The molecule has 2 rings (SSSR count). The van der Waals surface area contributed by atoms with Gasteiger partial charge in [-0.3, -0.25) is 4.57 Å². The van der Waals surface area contributed by atoms with Crippen LogP contribution in [-0.2, 0) is 6.54 Å². The van der Waals surface area contributed by atoms with Gasteiger partial charge in [0.1, 0.15) is 0 Å². The molecule has 0 saturated carbocycles. The second kappa shape index (κ2) is 4.52. The van der Waals surface area contributed by atoms with Gasteiger partial charge in [0.05, 0.1) is 0 Å². The van der Waals surface area contributed by atoms with Gasteiger partial charge in [0.15, 0.2) is 5.16 Å². The van der Waals surface area contributed by atoms with Gasteiger partial charge in [0.25, 0.3) is 0 Å². The van der Waals surface area contributed by atoms with Crippen molar-refractivity contribution in [3.05, 3.63) is 12.7 Å². The van der Waals surface area contributed by atoms with Gasteiger partial charge < -0.3 is 5.32 Å². The monoisotopic (exact) mass is 322 g/mol. The van der Waals surface area contributed by atoms with Crippen LogP contribution in [0.3, 0.4) is 0 Å². The summed E-state index contributed by atoms with van der Waals surface area (Å²) in [5.41, 5.74) is 0. The van der Waals surface area contributed by atoms with Gasteiger partial charge in [-0.05, 0) is 0 Å². The van der Waals surface area contributed by atoms with E-state index in [4.69, 9.17) is 0 Å². The predicted molar refractivity (Wildman–Crippen MR) is 67.2 cm³/mol. The molecule has 14 heavy (non-hydrogen) atoms. The molecule has 1 aliphatic heterocycles. The minimum atomic E-state index is 0.644. The molecule has 6 heteroatoms. The maximum absolute atomic E-state index is 4.12. The third kappa shape index (κ3) is 1.90. The minimum Gasteiger partial charge on any atom is -0.351 e. The molecule has 0 saturated heterocycles. The second-order valence-electron chi connectivity index (χ2n) is 2.98. The van der Waals surface area contributed by atoms with Crippen LogP contribution in [0.2, 0.25) is 0 Å². The van der Waals surface area contributed by atoms with Gasteiger partial charge in [0.2, 0.25) is 5.95 Å². The number of rotatable bonds is 4. The number of nitrogens with zero attached hydrogens (tertiary/aromatic N) is 3. The fourth-order valence-corrected chi connectivity index (χ4v) is 3.08. The molecule has 0 amide bonds. The average Bonchev–Trinajstić information content (AvgIpc) is 2.74. The average molecular weight is 322 g/mol. The Morgan fingerprint density at radius 3 is 3.29 bits per heavy atom. The standard InChI is InChI=1S/C8H11IN4S/c1-2-3-10-7-11-12-8-13(7)5-6(4-9)14-8/h2,6H,1,3-5H2,(H,10,11)/t6-/m0/s1. The number of alkyl halides is 1. The van der Waals surface area contributed by atoms with Crippen LogP contribution in [0, 0.1) is 0 Å². The molecule has 1 aromatic heterocycles. The number of hydrogen-bond donors (Lipinski definition) is 1. The molecule has 0 bridgehead atoms. The summed E-state index contributed by atoms with van der Waals surface area (Å²) in [6.45, 7) is 5.40. The third-order valence-electron chi connectivity index (χ3n) is 1.95. The van der Waals surface area contributed by atoms with Crippen LogP contribution in [0.5, 0.6) is 0 Å². The van der Waals surface area contributed by atoms with E-state index in [1.165, 1.54) is 0 Å². The molecule has 1 atom stereocenters. The molecular formula is C8H11IN4S. The normalized spacial score (nSPS) is 19.4. The van der Waals surface area contributed by atoms with Gasteiger partial charge in [-0.2, -0.15) is 0 Å². The lowest BCUT2D eigenvalue weighted by molar-refractivity contribution is 0.679. The van der Waals surface area contributed by atoms with Crippen LogP contribution in [0.1, 0.15) is 0 Å². The third-order valence-corrected chi connectivity index (χ3v) is 4.77. The van der Waals surface area contributed by atoms with Gasteiger partial charge in [-0.15, -0.1) is 16.8 Å². The number of nitrogens with one attached hydrogen (secondary N) is 1. The zero-order chi connectivity index (χ0) is 9.97. The van der Waals surface area contributed by atoms with Crippen molar-refractivity contribution < 1.29 is 0 Å². The van der Waals surface area contributed by atoms with E-state index in [9.17, 15) is 0 Å². The number of halogens is 1. The zero-order valence-corrected chi connectivity index (χ0v) is 10.6. The fourth-order valence-electron chi connectivity index (χ4n) is 1.30. The van der Waals surface area contributed by atoms with Crippen LogP contribution in [0.15, 0.2) is 17.8 Å². The first-order valence-electron chi connectivity index (χ1n) is 4.35. The molecule has 76 valence electrons. The van der Waals surface area contributed by atoms with Gasteiger partial charge in [-0.25, -0.2) is 0 Å². The van der Waals surface area contributed by atoms with Gasteiger partial charge >= 0.3 is 0 Å². The summed E-state index contributed by atoms with van der Waals surface area (Å²) in [4.78, 5) is 0. The Kier molecular flexibility index (Phi) is 3.32. The van der Waals surface area contributed by atoms with Crippen molar-refractivity contribution >= 4 is 40.3 Å². The maximum atomic E-state index is 4.12. The summed E-state index contributed by atoms with van der Waals surface area (Å²) in [5, 5.41) is 13.0. The molecular weight excluding hydrogens is 311 g/mol. The minimum absolute atomic E-state index is 0.644. The molecule has 1 aromatic rings. The number of thioether (sulfide) groups is 1. The molecule has 0 fully saturated rings. The van der Waals surface area contributed by atoms with Crippen LogP contribution in [-0.4, -0.2) is 31.0 Å². The van der Waals surface area contributed by atoms with Crippen molar-refractivity contribution in [2.75, 3.05) is 16.3 Å². The van der Waals surface area contributed by atoms with Crippen molar-refractivity contribution in [2.45, 2.75) is 17.0 Å². The molecule has 1 aliphatic rings. The first kappa shape index (κ1) is 10.3. The SMILES string of the molecule is C=CCNc1nnc2n1C[C@H](CI)S2. The van der Waals surface area contributed by atoms with Crippen LogP contribution >= 0.6 is 34.4 Å². The molecule has 0 aliphatic carbocycles. The first-order valence-corrected chi connectivity index (χ1v) is 6.76. The van der Waals surface area contributed by atoms with Crippen LogP contribution < -0.4 is 5.32 Å². The highest BCUT2D eigenvalue weighted by atomic mass is 127. The summed E-state index contributed by atoms with van der Waals surface area (Å²) >= 11 is 4.21. The molecule has 2 heterocycles. The van der Waals surface area contributed by atoms with E-state index in [1.54, 1.807) is 11.8 Å². The van der Waals surface area contributed by atoms with E-state index in [0.717, 1.165) is 28.6 Å². The largest absolute Gasteiger partial charge is 0.351 e. The van der Waals surface area contributed by atoms with E-state index in [-0.39, 0.29) is 0 Å². The number of aromatic nitrogens is 3. The van der Waals surface area contributed by atoms with Crippen molar-refractivity contribution in [1.82, 2.24) is 14.8 Å². The molecule has 0 unspecified atom stereocenters. The summed E-state index contributed by atoms with van der Waals surface area (Å²) < 4.78 is 3.28. The lowest BCUT2D eigenvalue weighted by atomic mass is 10.5. The molecule has 0 spiro atoms. The zero-order valence-electron chi connectivity index (χ0n) is 7.61. The highest BCUT2D eigenvalue weighted by Crippen LogP contribution is 2.33. The topological polar surface area (TPSA) is 42.7 Å². The van der Waals surface area contributed by atoms with E-state index < -0.39 is 0 Å². The molecule has 0 radical (unpaired) electrons. The number of fused-ring (bicyclic) bond motifs is 1. The highest BCUT2D eigenvalue weighted by Gasteiger charge is 2.25. The van der Waals surface area contributed by atoms with Crippen molar-refractivity contribution in [3.63, 3.8) is 0 Å². The summed E-state index contributed by atoms with van der Waals surface area (Å²) in [7, 11) is 0. The Labute approximate surface area is 101 Å². The van der Waals surface area contributed by atoms with Crippen LogP contribution in [0.25, 0.3) is 0 Å². The maximum Gasteiger partial charge on any atom is 0.225 e. The van der Waals surface area contributed by atoms with E-state index >= 15 is 0 Å². The number of hydrogen-bond acceptors (Lipinski definition) is 4. The smallest absolute Gasteiger partial charge is 0.225 e. The van der Waals surface area contributed by atoms with E-state index in [2.05, 4.69) is 49.3 Å². The lowest BCUT2D eigenvalue weighted by Crippen LogP contribution is -2.11. The van der Waals surface area contributed by atoms with Crippen LogP contribution in [0.4, 0.5) is 5.95 Å². The van der Waals surface area contributed by atoms with Gasteiger partial charge in [0, 0.05) is 22.8 Å². The Morgan fingerprint density at radius 2 is 2.57 bits per heavy atom. The first-order chi connectivity index (χ1) is 6.85. The Bertz CT molecular complexity index is 338. The quantitative estimate of drug-likeness (QED) is 0.521. The summed E-state index contributed by atoms with van der Waals surface area (Å²) in [6.07, 6.45) is 1.82. The highest BCUT2D eigenvalue weighted by molar-refractivity contribution is 14.1. The Hall–Kier alpha value is -0.240. The van der Waals surface area contributed by atoms with Crippen molar-refractivity contribution in [1.29, 1.82) is 0 Å². The van der Waals surface area contributed by atoms with Gasteiger partial charge in [-0.1, -0.05) is 40.4 Å². The predicted octanol–water partition coefficient (Wildman–Crippen LogP) is 1.79. The second-order valence-corrected chi connectivity index (χ2v) is 5.13. The van der Waals surface area contributed by atoms with E-state index in [0.29, 0.717) is 5.25 Å². The summed E-state index contributed by atoms with van der Waals surface area (Å²) in [5.74, 6) is 0.861. The molecule has 4 nitrogen and oxygen atoms in total. The summed E-state index contributed by atoms with van der Waals surface area (Å²) in [6, 6.07) is 0. The Balaban J connectivity index is 2.10. The molecule has 0 aromatic carbocycles. The van der Waals surface area contributed by atoms with Crippen molar-refractivity contribution in [2.24, 2.45) is 0 Å². The number of anilines is 1. The fraction of sp³-hybridized carbons (Fsp3) is 0.500.